The predicted molar refractivity (Wildman–Crippen MR) is 176 cm³/mol. The van der Waals surface area contributed by atoms with E-state index in [0.717, 1.165) is 33.5 Å². The fourth-order valence-electron chi connectivity index (χ4n) is 5.39. The largest absolute Gasteiger partial charge is 0.497 e. The molecule has 1 unspecified atom stereocenters. The predicted octanol–water partition coefficient (Wildman–Crippen LogP) is 5.75. The van der Waals surface area contributed by atoms with Gasteiger partial charge >= 0.3 is 0 Å². The molecular formula is C35H33N5O4S. The highest BCUT2D eigenvalue weighted by Gasteiger charge is 2.38. The standard InChI is InChI=1S/C35H33N5O4S/c1-23-9-11-26(12-10-23)40-35-32(33(38-40)25-7-5-4-6-8-25)34(28-19-27(43-2)13-14-29(28)44-3)45-22-31(42)39(35)21-30(41)37-20-24-15-17-36-18-16-24/h4-19,34H,20-22H2,1-3H3,(H,37,41). The number of hydrogen-bond donors (Lipinski definition) is 1. The van der Waals surface area contributed by atoms with Crippen molar-refractivity contribution in [2.24, 2.45) is 0 Å². The van der Waals surface area contributed by atoms with E-state index >= 15 is 0 Å². The minimum Gasteiger partial charge on any atom is -0.497 e. The summed E-state index contributed by atoms with van der Waals surface area (Å²) < 4.78 is 13.2. The van der Waals surface area contributed by atoms with Gasteiger partial charge in [0.2, 0.25) is 11.8 Å². The second kappa shape index (κ2) is 13.3. The van der Waals surface area contributed by atoms with Gasteiger partial charge in [-0.2, -0.15) is 5.10 Å². The molecule has 0 aliphatic carbocycles. The maximum atomic E-state index is 14.0. The van der Waals surface area contributed by atoms with Crippen LogP contribution in [0.3, 0.4) is 0 Å². The van der Waals surface area contributed by atoms with Crippen LogP contribution >= 0.6 is 11.8 Å². The molecule has 228 valence electrons. The molecule has 0 saturated carbocycles. The van der Waals surface area contributed by atoms with Crippen LogP contribution in [0.4, 0.5) is 5.82 Å². The van der Waals surface area contributed by atoms with Crippen molar-refractivity contribution in [3.8, 4) is 28.4 Å². The zero-order chi connectivity index (χ0) is 31.3. The van der Waals surface area contributed by atoms with E-state index in [1.807, 2.05) is 91.9 Å². The molecule has 0 fully saturated rings. The normalized spacial score (nSPS) is 14.4. The molecule has 0 bridgehead atoms. The molecular weight excluding hydrogens is 586 g/mol. The molecule has 3 heterocycles. The van der Waals surface area contributed by atoms with Gasteiger partial charge < -0.3 is 14.8 Å². The number of amides is 2. The van der Waals surface area contributed by atoms with Gasteiger partial charge in [-0.1, -0.05) is 48.0 Å². The van der Waals surface area contributed by atoms with E-state index in [0.29, 0.717) is 29.6 Å². The lowest BCUT2D eigenvalue weighted by Gasteiger charge is -2.24. The number of ether oxygens (including phenoxy) is 2. The number of pyridine rings is 1. The lowest BCUT2D eigenvalue weighted by Crippen LogP contribution is -2.42. The average Bonchev–Trinajstić information content (AvgIpc) is 3.41. The third-order valence-electron chi connectivity index (χ3n) is 7.67. The van der Waals surface area contributed by atoms with Crippen LogP contribution in [0.2, 0.25) is 0 Å². The van der Waals surface area contributed by atoms with Crippen LogP contribution in [0.1, 0.15) is 27.5 Å². The Bertz CT molecular complexity index is 1810. The number of fused-ring (bicyclic) bond motifs is 1. The SMILES string of the molecule is COc1ccc(OC)c(C2SCC(=O)N(CC(=O)NCc3ccncc3)c3c2c(-c2ccccc2)nn3-c2ccc(C)cc2)c1. The molecule has 0 radical (unpaired) electrons. The van der Waals surface area contributed by atoms with Gasteiger partial charge in [0.05, 0.1) is 36.6 Å². The number of rotatable bonds is 9. The van der Waals surface area contributed by atoms with Gasteiger partial charge in [0.15, 0.2) is 0 Å². The maximum absolute atomic E-state index is 14.0. The first-order chi connectivity index (χ1) is 22.0. The summed E-state index contributed by atoms with van der Waals surface area (Å²) in [5, 5.41) is 7.76. The van der Waals surface area contributed by atoms with E-state index in [1.165, 1.54) is 11.8 Å². The monoisotopic (exact) mass is 619 g/mol. The number of methoxy groups -OCH3 is 2. The fourth-order valence-corrected chi connectivity index (χ4v) is 6.60. The van der Waals surface area contributed by atoms with Gasteiger partial charge in [-0.15, -0.1) is 11.8 Å². The Morgan fingerprint density at radius 2 is 1.73 bits per heavy atom. The molecule has 45 heavy (non-hydrogen) atoms. The number of carbonyl (C=O) groups excluding carboxylic acids is 2. The minimum atomic E-state index is -0.367. The van der Waals surface area contributed by atoms with E-state index in [2.05, 4.69) is 10.3 Å². The molecule has 2 aromatic heterocycles. The molecule has 1 N–H and O–H groups in total. The lowest BCUT2D eigenvalue weighted by molar-refractivity contribution is -0.123. The van der Waals surface area contributed by atoms with Crippen LogP contribution in [0.5, 0.6) is 11.5 Å². The Hall–Kier alpha value is -5.09. The van der Waals surface area contributed by atoms with Crippen LogP contribution in [-0.4, -0.2) is 53.1 Å². The molecule has 0 spiro atoms. The number of hydrogen-bond acceptors (Lipinski definition) is 7. The van der Waals surface area contributed by atoms with E-state index < -0.39 is 0 Å². The Labute approximate surface area is 266 Å². The number of nitrogens with zero attached hydrogens (tertiary/aromatic N) is 4. The summed E-state index contributed by atoms with van der Waals surface area (Å²) in [5.74, 6) is 1.53. The lowest BCUT2D eigenvalue weighted by atomic mass is 9.98. The smallest absolute Gasteiger partial charge is 0.240 e. The van der Waals surface area contributed by atoms with Gasteiger partial charge in [0, 0.05) is 35.6 Å². The van der Waals surface area contributed by atoms with Crippen molar-refractivity contribution in [1.29, 1.82) is 0 Å². The first kappa shape index (κ1) is 30.0. The van der Waals surface area contributed by atoms with Gasteiger partial charge in [-0.3, -0.25) is 19.5 Å². The van der Waals surface area contributed by atoms with Crippen LogP contribution < -0.4 is 19.7 Å². The average molecular weight is 620 g/mol. The second-order valence-electron chi connectivity index (χ2n) is 10.6. The van der Waals surface area contributed by atoms with E-state index in [9.17, 15) is 9.59 Å². The number of thioether (sulfide) groups is 1. The van der Waals surface area contributed by atoms with E-state index in [-0.39, 0.29) is 29.4 Å². The number of aryl methyl sites for hydroxylation is 1. The van der Waals surface area contributed by atoms with Crippen molar-refractivity contribution in [3.05, 3.63) is 120 Å². The first-order valence-electron chi connectivity index (χ1n) is 14.5. The quantitative estimate of drug-likeness (QED) is 0.225. The van der Waals surface area contributed by atoms with Crippen LogP contribution in [0.25, 0.3) is 16.9 Å². The Morgan fingerprint density at radius 1 is 0.978 bits per heavy atom. The summed E-state index contributed by atoms with van der Waals surface area (Å²) in [4.78, 5) is 33.1. The highest BCUT2D eigenvalue weighted by molar-refractivity contribution is 8.00. The van der Waals surface area contributed by atoms with Gasteiger partial charge in [0.1, 0.15) is 23.9 Å². The number of anilines is 1. The molecule has 2 amide bonds. The number of benzene rings is 3. The summed E-state index contributed by atoms with van der Waals surface area (Å²) in [7, 11) is 3.25. The Kier molecular flexibility index (Phi) is 8.84. The number of nitrogens with one attached hydrogen (secondary N) is 1. The highest BCUT2D eigenvalue weighted by Crippen LogP contribution is 2.51. The molecule has 6 rings (SSSR count). The summed E-state index contributed by atoms with van der Waals surface area (Å²) in [6, 6.07) is 27.2. The maximum Gasteiger partial charge on any atom is 0.240 e. The van der Waals surface area contributed by atoms with Crippen molar-refractivity contribution in [2.45, 2.75) is 18.7 Å². The van der Waals surface area contributed by atoms with Crippen LogP contribution in [-0.2, 0) is 16.1 Å². The molecule has 9 nitrogen and oxygen atoms in total. The minimum absolute atomic E-state index is 0.138. The highest BCUT2D eigenvalue weighted by atomic mass is 32.2. The summed E-state index contributed by atoms with van der Waals surface area (Å²) >= 11 is 1.48. The molecule has 5 aromatic rings. The third kappa shape index (κ3) is 6.28. The second-order valence-corrected chi connectivity index (χ2v) is 11.7. The number of aromatic nitrogens is 3. The Balaban J connectivity index is 1.55. The summed E-state index contributed by atoms with van der Waals surface area (Å²) in [5.41, 5.74) is 6.05. The Morgan fingerprint density at radius 3 is 2.44 bits per heavy atom. The zero-order valence-electron chi connectivity index (χ0n) is 25.3. The van der Waals surface area contributed by atoms with Gasteiger partial charge in [-0.05, 0) is 55.0 Å². The molecule has 10 heteroatoms. The van der Waals surface area contributed by atoms with E-state index in [4.69, 9.17) is 14.6 Å². The molecule has 1 aliphatic rings. The van der Waals surface area contributed by atoms with E-state index in [1.54, 1.807) is 36.2 Å². The van der Waals surface area contributed by atoms with Crippen LogP contribution in [0.15, 0.2) is 97.3 Å². The first-order valence-corrected chi connectivity index (χ1v) is 15.6. The molecule has 1 atom stereocenters. The molecule has 0 saturated heterocycles. The van der Waals surface area contributed by atoms with Crippen molar-refractivity contribution < 1.29 is 19.1 Å². The fraction of sp³-hybridized carbons (Fsp3) is 0.200. The van der Waals surface area contributed by atoms with Gasteiger partial charge in [-0.25, -0.2) is 4.68 Å². The summed E-state index contributed by atoms with van der Waals surface area (Å²) in [6.07, 6.45) is 3.36. The van der Waals surface area contributed by atoms with Crippen molar-refractivity contribution in [1.82, 2.24) is 20.1 Å². The number of carbonyl (C=O) groups is 2. The summed E-state index contributed by atoms with van der Waals surface area (Å²) in [6.45, 7) is 2.17. The third-order valence-corrected chi connectivity index (χ3v) is 8.91. The van der Waals surface area contributed by atoms with Gasteiger partial charge in [0.25, 0.3) is 0 Å². The van der Waals surface area contributed by atoms with Crippen molar-refractivity contribution >= 4 is 29.4 Å². The van der Waals surface area contributed by atoms with Crippen LogP contribution in [0, 0.1) is 6.92 Å². The van der Waals surface area contributed by atoms with Crippen molar-refractivity contribution in [2.75, 3.05) is 31.4 Å². The molecule has 3 aromatic carbocycles. The zero-order valence-corrected chi connectivity index (χ0v) is 26.1. The van der Waals surface area contributed by atoms with Crippen molar-refractivity contribution in [3.63, 3.8) is 0 Å². The molecule has 1 aliphatic heterocycles. The topological polar surface area (TPSA) is 98.6 Å².